The molecule has 0 radical (unpaired) electrons. The third-order valence-corrected chi connectivity index (χ3v) is 3.20. The van der Waals surface area contributed by atoms with E-state index in [9.17, 15) is 0 Å². The summed E-state index contributed by atoms with van der Waals surface area (Å²) in [5.41, 5.74) is 1.62. The highest BCUT2D eigenvalue weighted by Gasteiger charge is 2.24. The van der Waals surface area contributed by atoms with Crippen molar-refractivity contribution in [2.75, 3.05) is 0 Å². The first-order chi connectivity index (χ1) is 7.75. The van der Waals surface area contributed by atoms with Crippen LogP contribution in [0, 0.1) is 4.64 Å². The van der Waals surface area contributed by atoms with Crippen LogP contribution in [0.25, 0.3) is 11.2 Å². The van der Waals surface area contributed by atoms with Gasteiger partial charge >= 0.3 is 0 Å². The molecule has 0 unspecified atom stereocenters. The summed E-state index contributed by atoms with van der Waals surface area (Å²) in [6, 6.07) is 0. The quantitative estimate of drug-likeness (QED) is 0.771. The van der Waals surface area contributed by atoms with Gasteiger partial charge in [-0.25, -0.2) is 9.97 Å². The Morgan fingerprint density at radius 3 is 3.12 bits per heavy atom. The highest BCUT2D eigenvalue weighted by atomic mass is 32.1. The van der Waals surface area contributed by atoms with Crippen molar-refractivity contribution in [1.29, 1.82) is 0 Å². The molecular formula is C10H12N4OS. The summed E-state index contributed by atoms with van der Waals surface area (Å²) >= 11 is 5.12. The zero-order valence-corrected chi connectivity index (χ0v) is 9.70. The highest BCUT2D eigenvalue weighted by Crippen LogP contribution is 2.29. The Kier molecular flexibility index (Phi) is 2.26. The van der Waals surface area contributed by atoms with Crippen LogP contribution < -0.4 is 0 Å². The molecule has 0 amide bonds. The van der Waals surface area contributed by atoms with Gasteiger partial charge < -0.3 is 9.72 Å². The van der Waals surface area contributed by atoms with E-state index in [2.05, 4.69) is 21.9 Å². The molecule has 6 heteroatoms. The molecule has 1 fully saturated rings. The predicted molar refractivity (Wildman–Crippen MR) is 61.5 cm³/mol. The van der Waals surface area contributed by atoms with E-state index in [-0.39, 0.29) is 6.23 Å². The monoisotopic (exact) mass is 236 g/mol. The van der Waals surface area contributed by atoms with E-state index in [0.717, 1.165) is 24.0 Å². The lowest BCUT2D eigenvalue weighted by Gasteiger charge is -2.13. The number of nitrogens with zero attached hydrogens (tertiary/aromatic N) is 3. The van der Waals surface area contributed by atoms with Crippen LogP contribution in [0.1, 0.15) is 26.0 Å². The van der Waals surface area contributed by atoms with Gasteiger partial charge in [-0.1, -0.05) is 12.2 Å². The molecule has 5 nitrogen and oxygen atoms in total. The maximum Gasteiger partial charge on any atom is 0.157 e. The maximum atomic E-state index is 5.80. The van der Waals surface area contributed by atoms with Gasteiger partial charge in [0, 0.05) is 0 Å². The van der Waals surface area contributed by atoms with Crippen LogP contribution in [-0.2, 0) is 4.74 Å². The van der Waals surface area contributed by atoms with E-state index in [1.807, 2.05) is 4.57 Å². The van der Waals surface area contributed by atoms with Crippen molar-refractivity contribution in [3.8, 4) is 0 Å². The SMILES string of the molecule is C[C@@H]1CC[C@H](n2cnc3c(=S)nc[nH]c32)O1. The molecule has 84 valence electrons. The van der Waals surface area contributed by atoms with Crippen LogP contribution in [-0.4, -0.2) is 25.6 Å². The summed E-state index contributed by atoms with van der Waals surface area (Å²) in [7, 11) is 0. The van der Waals surface area contributed by atoms with E-state index < -0.39 is 0 Å². The van der Waals surface area contributed by atoms with Gasteiger partial charge in [-0.15, -0.1) is 0 Å². The number of fused-ring (bicyclic) bond motifs is 1. The van der Waals surface area contributed by atoms with Gasteiger partial charge in [0.05, 0.1) is 18.8 Å². The fourth-order valence-corrected chi connectivity index (χ4v) is 2.28. The van der Waals surface area contributed by atoms with Gasteiger partial charge in [0.25, 0.3) is 0 Å². The third kappa shape index (κ3) is 1.45. The molecule has 0 saturated carbocycles. The number of aromatic nitrogens is 4. The first-order valence-electron chi connectivity index (χ1n) is 5.31. The maximum absolute atomic E-state index is 5.80. The zero-order valence-electron chi connectivity index (χ0n) is 8.88. The van der Waals surface area contributed by atoms with E-state index in [4.69, 9.17) is 17.0 Å². The minimum absolute atomic E-state index is 0.0630. The number of nitrogens with one attached hydrogen (secondary N) is 1. The van der Waals surface area contributed by atoms with Crippen molar-refractivity contribution in [1.82, 2.24) is 19.5 Å². The van der Waals surface area contributed by atoms with Crippen LogP contribution in [0.15, 0.2) is 12.7 Å². The van der Waals surface area contributed by atoms with Gasteiger partial charge in [0.15, 0.2) is 4.64 Å². The second-order valence-corrected chi connectivity index (χ2v) is 4.42. The zero-order chi connectivity index (χ0) is 11.1. The fraction of sp³-hybridized carbons (Fsp3) is 0.500. The summed E-state index contributed by atoms with van der Waals surface area (Å²) < 4.78 is 8.32. The molecule has 3 rings (SSSR count). The average Bonchev–Trinajstić information content (AvgIpc) is 2.84. The topological polar surface area (TPSA) is 55.7 Å². The van der Waals surface area contributed by atoms with Gasteiger partial charge in [0.1, 0.15) is 17.4 Å². The van der Waals surface area contributed by atoms with Gasteiger partial charge in [-0.2, -0.15) is 0 Å². The Hall–Kier alpha value is -1.27. The number of imidazole rings is 1. The van der Waals surface area contributed by atoms with E-state index in [1.54, 1.807) is 12.7 Å². The van der Waals surface area contributed by atoms with E-state index >= 15 is 0 Å². The lowest BCUT2D eigenvalue weighted by atomic mass is 10.2. The van der Waals surface area contributed by atoms with E-state index in [1.165, 1.54) is 0 Å². The first-order valence-corrected chi connectivity index (χ1v) is 5.72. The molecule has 1 N–H and O–H groups in total. The summed E-state index contributed by atoms with van der Waals surface area (Å²) in [4.78, 5) is 11.4. The van der Waals surface area contributed by atoms with Crippen molar-refractivity contribution in [3.05, 3.63) is 17.3 Å². The first kappa shape index (κ1) is 9.92. The second kappa shape index (κ2) is 3.64. The summed E-state index contributed by atoms with van der Waals surface area (Å²) in [5.74, 6) is 0. The highest BCUT2D eigenvalue weighted by molar-refractivity contribution is 7.71. The normalized spacial score (nSPS) is 25.3. The smallest absolute Gasteiger partial charge is 0.157 e. The molecule has 0 spiro atoms. The second-order valence-electron chi connectivity index (χ2n) is 4.04. The summed E-state index contributed by atoms with van der Waals surface area (Å²) in [5, 5.41) is 0. The van der Waals surface area contributed by atoms with Crippen LogP contribution >= 0.6 is 12.2 Å². The molecule has 3 heterocycles. The van der Waals surface area contributed by atoms with Gasteiger partial charge in [-0.05, 0) is 19.8 Å². The van der Waals surface area contributed by atoms with Crippen molar-refractivity contribution in [3.63, 3.8) is 0 Å². The molecule has 0 aliphatic carbocycles. The number of ether oxygens (including phenoxy) is 1. The Labute approximate surface area is 97.5 Å². The molecule has 1 saturated heterocycles. The lowest BCUT2D eigenvalue weighted by Crippen LogP contribution is -2.08. The van der Waals surface area contributed by atoms with Crippen LogP contribution in [0.5, 0.6) is 0 Å². The number of aromatic amines is 1. The Bertz CT molecular complexity index is 575. The summed E-state index contributed by atoms with van der Waals surface area (Å²) in [6.45, 7) is 2.09. The van der Waals surface area contributed by atoms with Gasteiger partial charge in [0.2, 0.25) is 0 Å². The predicted octanol–water partition coefficient (Wildman–Crippen LogP) is 2.19. The largest absolute Gasteiger partial charge is 0.355 e. The minimum atomic E-state index is 0.0630. The van der Waals surface area contributed by atoms with Crippen LogP contribution in [0.2, 0.25) is 0 Å². The fourth-order valence-electron chi connectivity index (χ4n) is 2.08. The van der Waals surface area contributed by atoms with Crippen molar-refractivity contribution in [2.45, 2.75) is 32.1 Å². The number of rotatable bonds is 1. The molecule has 1 aliphatic rings. The number of hydrogen-bond donors (Lipinski definition) is 1. The van der Waals surface area contributed by atoms with Crippen molar-refractivity contribution >= 4 is 23.4 Å². The summed E-state index contributed by atoms with van der Waals surface area (Å²) in [6.07, 6.45) is 5.83. The van der Waals surface area contributed by atoms with Crippen LogP contribution in [0.4, 0.5) is 0 Å². The molecule has 0 aromatic carbocycles. The standard InChI is InChI=1S/C10H12N4OS/c1-6-2-3-7(15-6)14-5-13-8-9(14)11-4-12-10(8)16/h4-7H,2-3H2,1H3,(H,11,12,16)/t6-,7-/m1/s1. The van der Waals surface area contributed by atoms with Gasteiger partial charge in [-0.3, -0.25) is 4.57 Å². The molecule has 16 heavy (non-hydrogen) atoms. The molecule has 2 aromatic heterocycles. The molecular weight excluding hydrogens is 224 g/mol. The minimum Gasteiger partial charge on any atom is -0.355 e. The molecule has 1 aliphatic heterocycles. The van der Waals surface area contributed by atoms with Crippen molar-refractivity contribution in [2.24, 2.45) is 0 Å². The molecule has 0 bridgehead atoms. The number of hydrogen-bond acceptors (Lipinski definition) is 4. The Morgan fingerprint density at radius 1 is 1.50 bits per heavy atom. The Balaban J connectivity index is 2.11. The van der Waals surface area contributed by atoms with E-state index in [0.29, 0.717) is 10.7 Å². The Morgan fingerprint density at radius 2 is 2.38 bits per heavy atom. The third-order valence-electron chi connectivity index (χ3n) is 2.90. The lowest BCUT2D eigenvalue weighted by molar-refractivity contribution is 0.0131. The number of H-pyrrole nitrogens is 1. The van der Waals surface area contributed by atoms with Crippen molar-refractivity contribution < 1.29 is 4.74 Å². The van der Waals surface area contributed by atoms with Crippen LogP contribution in [0.3, 0.4) is 0 Å². The molecule has 2 atom stereocenters. The average molecular weight is 236 g/mol. The molecule has 2 aromatic rings.